The van der Waals surface area contributed by atoms with Crippen molar-refractivity contribution >= 4 is 17.4 Å². The molecule has 2 amide bonds. The fourth-order valence-electron chi connectivity index (χ4n) is 3.92. The van der Waals surface area contributed by atoms with Crippen LogP contribution < -0.4 is 10.6 Å². The molecule has 4 nitrogen and oxygen atoms in total. The molecule has 3 rings (SSSR count). The number of nitrogens with one attached hydrogen (secondary N) is 2. The Hall–Kier alpha value is -1.07. The first-order chi connectivity index (χ1) is 10.5. The van der Waals surface area contributed by atoms with Gasteiger partial charge in [-0.1, -0.05) is 26.8 Å². The van der Waals surface area contributed by atoms with Gasteiger partial charge in [0.25, 0.3) is 0 Å². The van der Waals surface area contributed by atoms with E-state index in [-0.39, 0.29) is 17.5 Å². The van der Waals surface area contributed by atoms with Crippen molar-refractivity contribution in [3.05, 3.63) is 22.4 Å². The van der Waals surface area contributed by atoms with Gasteiger partial charge in [-0.2, -0.15) is 0 Å². The monoisotopic (exact) mass is 322 g/mol. The van der Waals surface area contributed by atoms with Crippen LogP contribution in [0.25, 0.3) is 0 Å². The lowest BCUT2D eigenvalue weighted by molar-refractivity contribution is -0.108. The molecule has 122 valence electrons. The predicted octanol–water partition coefficient (Wildman–Crippen LogP) is 3.04. The van der Waals surface area contributed by atoms with E-state index in [0.29, 0.717) is 24.5 Å². The van der Waals surface area contributed by atoms with Gasteiger partial charge in [0, 0.05) is 35.4 Å². The van der Waals surface area contributed by atoms with Gasteiger partial charge in [-0.25, -0.2) is 4.79 Å². The van der Waals surface area contributed by atoms with Crippen molar-refractivity contribution in [2.75, 3.05) is 13.2 Å². The average molecular weight is 322 g/mol. The Kier molecular flexibility index (Phi) is 4.46. The minimum atomic E-state index is -0.0403. The molecule has 2 aliphatic rings. The third-order valence-electron chi connectivity index (χ3n) is 5.13. The molecule has 1 saturated heterocycles. The van der Waals surface area contributed by atoms with Gasteiger partial charge >= 0.3 is 6.03 Å². The number of rotatable bonds is 5. The standard InChI is InChI=1S/C17H26N2O2S/c1-11(9-12-5-4-8-22-12)10-18-16(20)19-14-13-6-7-21-15(13)17(14,2)3/h4-5,8,11,13-15H,6-7,9-10H2,1-3H3,(H2,18,19,20)/t11-,13-,14+,15-/m0/s1. The highest BCUT2D eigenvalue weighted by atomic mass is 32.1. The molecule has 1 aromatic heterocycles. The smallest absolute Gasteiger partial charge is 0.315 e. The summed E-state index contributed by atoms with van der Waals surface area (Å²) in [6.07, 6.45) is 2.40. The summed E-state index contributed by atoms with van der Waals surface area (Å²) >= 11 is 1.78. The molecule has 1 aromatic rings. The number of amides is 2. The summed E-state index contributed by atoms with van der Waals surface area (Å²) in [5, 5.41) is 8.29. The second kappa shape index (κ2) is 6.20. The lowest BCUT2D eigenvalue weighted by atomic mass is 9.57. The van der Waals surface area contributed by atoms with Gasteiger partial charge in [-0.3, -0.25) is 0 Å². The third-order valence-corrected chi connectivity index (χ3v) is 6.03. The summed E-state index contributed by atoms with van der Waals surface area (Å²) < 4.78 is 5.77. The number of fused-ring (bicyclic) bond motifs is 1. The topological polar surface area (TPSA) is 50.4 Å². The second-order valence-electron chi connectivity index (χ2n) is 7.29. The van der Waals surface area contributed by atoms with Gasteiger partial charge in [0.05, 0.1) is 6.10 Å². The number of hydrogen-bond acceptors (Lipinski definition) is 3. The number of carbonyl (C=O) groups is 1. The SMILES string of the molecule is C[C@H](CNC(=O)N[C@@H]1[C@@H]2CCO[C@@H]2C1(C)C)Cc1cccs1. The predicted molar refractivity (Wildman–Crippen MR) is 89.1 cm³/mol. The van der Waals surface area contributed by atoms with E-state index in [9.17, 15) is 4.79 Å². The molecule has 0 bridgehead atoms. The molecular formula is C17H26N2O2S. The van der Waals surface area contributed by atoms with Gasteiger partial charge < -0.3 is 15.4 Å². The van der Waals surface area contributed by atoms with Crippen LogP contribution in [0.2, 0.25) is 0 Å². The summed E-state index contributed by atoms with van der Waals surface area (Å²) in [6.45, 7) is 8.08. The van der Waals surface area contributed by atoms with Crippen LogP contribution in [0.15, 0.2) is 17.5 Å². The Morgan fingerprint density at radius 3 is 3.09 bits per heavy atom. The molecule has 2 N–H and O–H groups in total. The van der Waals surface area contributed by atoms with E-state index >= 15 is 0 Å². The highest BCUT2D eigenvalue weighted by Crippen LogP contribution is 2.52. The molecule has 2 heterocycles. The Bertz CT molecular complexity index is 515. The van der Waals surface area contributed by atoms with Crippen LogP contribution in [-0.2, 0) is 11.2 Å². The van der Waals surface area contributed by atoms with E-state index in [1.807, 2.05) is 0 Å². The van der Waals surface area contributed by atoms with Crippen LogP contribution in [0.4, 0.5) is 4.79 Å². The summed E-state index contributed by atoms with van der Waals surface area (Å²) in [4.78, 5) is 13.5. The first kappa shape index (κ1) is 15.8. The van der Waals surface area contributed by atoms with Crippen LogP contribution in [0, 0.1) is 17.3 Å². The first-order valence-electron chi connectivity index (χ1n) is 8.17. The largest absolute Gasteiger partial charge is 0.377 e. The summed E-state index contributed by atoms with van der Waals surface area (Å²) in [5.74, 6) is 0.936. The zero-order valence-corrected chi connectivity index (χ0v) is 14.4. The molecule has 4 atom stereocenters. The molecule has 1 aliphatic carbocycles. The van der Waals surface area contributed by atoms with Gasteiger partial charge in [0.2, 0.25) is 0 Å². The molecule has 2 fully saturated rings. The van der Waals surface area contributed by atoms with Crippen molar-refractivity contribution in [1.29, 1.82) is 0 Å². The molecule has 22 heavy (non-hydrogen) atoms. The van der Waals surface area contributed by atoms with Crippen molar-refractivity contribution in [3.63, 3.8) is 0 Å². The van der Waals surface area contributed by atoms with Crippen LogP contribution in [0.5, 0.6) is 0 Å². The van der Waals surface area contributed by atoms with E-state index in [4.69, 9.17) is 4.74 Å². The van der Waals surface area contributed by atoms with E-state index in [1.165, 1.54) is 4.88 Å². The van der Waals surface area contributed by atoms with Crippen molar-refractivity contribution in [2.24, 2.45) is 17.3 Å². The van der Waals surface area contributed by atoms with E-state index in [2.05, 4.69) is 48.9 Å². The Morgan fingerprint density at radius 1 is 1.55 bits per heavy atom. The van der Waals surface area contributed by atoms with Crippen molar-refractivity contribution < 1.29 is 9.53 Å². The maximum atomic E-state index is 12.2. The second-order valence-corrected chi connectivity index (χ2v) is 8.32. The maximum Gasteiger partial charge on any atom is 0.315 e. The zero-order chi connectivity index (χ0) is 15.7. The van der Waals surface area contributed by atoms with Crippen LogP contribution in [0.1, 0.15) is 32.1 Å². The Balaban J connectivity index is 1.43. The number of urea groups is 1. The summed E-state index contributed by atoms with van der Waals surface area (Å²) in [5.41, 5.74) is 0.0427. The van der Waals surface area contributed by atoms with Crippen LogP contribution in [0.3, 0.4) is 0 Å². The molecule has 5 heteroatoms. The summed E-state index contributed by atoms with van der Waals surface area (Å²) in [7, 11) is 0. The summed E-state index contributed by atoms with van der Waals surface area (Å²) in [6, 6.07) is 4.42. The molecule has 0 aromatic carbocycles. The molecule has 0 unspecified atom stereocenters. The lowest BCUT2D eigenvalue weighted by Gasteiger charge is -2.54. The normalized spacial score (nSPS) is 30.2. The fourth-order valence-corrected chi connectivity index (χ4v) is 4.79. The molecule has 0 spiro atoms. The van der Waals surface area contributed by atoms with E-state index < -0.39 is 0 Å². The third kappa shape index (κ3) is 3.01. The van der Waals surface area contributed by atoms with Gasteiger partial charge in [0.15, 0.2) is 0 Å². The molecule has 1 saturated carbocycles. The maximum absolute atomic E-state index is 12.2. The quantitative estimate of drug-likeness (QED) is 0.875. The van der Waals surface area contributed by atoms with Crippen LogP contribution >= 0.6 is 11.3 Å². The highest BCUT2D eigenvalue weighted by Gasteiger charge is 2.59. The molecule has 1 aliphatic heterocycles. The number of hydrogen-bond donors (Lipinski definition) is 2. The van der Waals surface area contributed by atoms with E-state index in [0.717, 1.165) is 19.4 Å². The Morgan fingerprint density at radius 2 is 2.36 bits per heavy atom. The number of ether oxygens (including phenoxy) is 1. The molecular weight excluding hydrogens is 296 g/mol. The number of thiophene rings is 1. The minimum absolute atomic E-state index is 0.0403. The van der Waals surface area contributed by atoms with Crippen LogP contribution in [-0.4, -0.2) is 31.3 Å². The highest BCUT2D eigenvalue weighted by molar-refractivity contribution is 7.09. The number of carbonyl (C=O) groups excluding carboxylic acids is 1. The zero-order valence-electron chi connectivity index (χ0n) is 13.6. The van der Waals surface area contributed by atoms with Crippen molar-refractivity contribution in [1.82, 2.24) is 10.6 Å². The fraction of sp³-hybridized carbons (Fsp3) is 0.706. The van der Waals surface area contributed by atoms with E-state index in [1.54, 1.807) is 11.3 Å². The van der Waals surface area contributed by atoms with Gasteiger partial charge in [-0.05, 0) is 30.2 Å². The van der Waals surface area contributed by atoms with Crippen molar-refractivity contribution in [3.8, 4) is 0 Å². The van der Waals surface area contributed by atoms with Crippen molar-refractivity contribution in [2.45, 2.75) is 45.8 Å². The Labute approximate surface area is 136 Å². The lowest BCUT2D eigenvalue weighted by Crippen LogP contribution is -2.67. The molecule has 0 radical (unpaired) electrons. The van der Waals surface area contributed by atoms with Gasteiger partial charge in [0.1, 0.15) is 0 Å². The van der Waals surface area contributed by atoms with Gasteiger partial charge in [-0.15, -0.1) is 11.3 Å². The first-order valence-corrected chi connectivity index (χ1v) is 9.05. The minimum Gasteiger partial charge on any atom is -0.377 e. The average Bonchev–Trinajstić information content (AvgIpc) is 3.12.